The summed E-state index contributed by atoms with van der Waals surface area (Å²) in [5.41, 5.74) is 0.956. The van der Waals surface area contributed by atoms with Gasteiger partial charge in [-0.1, -0.05) is 12.9 Å². The Hall–Kier alpha value is -0.795. The minimum absolute atomic E-state index is 0.0763. The summed E-state index contributed by atoms with van der Waals surface area (Å²) in [6, 6.07) is 3.77. The van der Waals surface area contributed by atoms with E-state index in [0.717, 1.165) is 5.46 Å². The molecule has 22 heavy (non-hydrogen) atoms. The Labute approximate surface area is 129 Å². The molecule has 0 aliphatic carbocycles. The number of ether oxygens (including phenoxy) is 1. The Morgan fingerprint density at radius 3 is 2.91 bits per heavy atom. The van der Waals surface area contributed by atoms with Gasteiger partial charge in [0.1, 0.15) is 6.10 Å². The molecule has 8 nitrogen and oxygen atoms in total. The molecule has 1 aromatic rings. The molecule has 0 bridgehead atoms. The first-order valence-corrected chi connectivity index (χ1v) is 8.40. The van der Waals surface area contributed by atoms with Crippen LogP contribution in [0.3, 0.4) is 0 Å². The van der Waals surface area contributed by atoms with Crippen LogP contribution in [0.4, 0.5) is 0 Å². The predicted octanol–water partition coefficient (Wildman–Crippen LogP) is -0.794. The van der Waals surface area contributed by atoms with Crippen LogP contribution in [0, 0.1) is 0 Å². The number of phosphoric ester groups is 1. The summed E-state index contributed by atoms with van der Waals surface area (Å²) in [6.07, 6.45) is 1.91. The number of aliphatic hydroxyl groups is 1. The number of hydrogen-bond donors (Lipinski definition) is 3. The molecule has 10 heteroatoms. The highest BCUT2D eigenvalue weighted by atomic mass is 31.2. The minimum Gasteiger partial charge on any atom is -0.433 e. The summed E-state index contributed by atoms with van der Waals surface area (Å²) in [7, 11) is -2.96. The van der Waals surface area contributed by atoms with Crippen molar-refractivity contribution in [3.63, 3.8) is 0 Å². The summed E-state index contributed by atoms with van der Waals surface area (Å²) in [6.45, 7) is 1.48. The number of rotatable bonds is 6. The Morgan fingerprint density at radius 2 is 2.27 bits per heavy atom. The molecule has 0 radical (unpaired) electrons. The van der Waals surface area contributed by atoms with Crippen LogP contribution in [0.15, 0.2) is 24.5 Å². The van der Waals surface area contributed by atoms with Gasteiger partial charge in [-0.15, -0.1) is 0 Å². The molecule has 0 saturated carbocycles. The van der Waals surface area contributed by atoms with Gasteiger partial charge in [-0.05, 0) is 0 Å². The van der Waals surface area contributed by atoms with Gasteiger partial charge in [-0.2, -0.15) is 4.57 Å². The number of nitrogens with zero attached hydrogens (tertiary/aromatic N) is 1. The highest BCUT2D eigenvalue weighted by Gasteiger charge is 2.40. The van der Waals surface area contributed by atoms with Gasteiger partial charge in [0.05, 0.1) is 19.1 Å². The van der Waals surface area contributed by atoms with Crippen LogP contribution in [0.25, 0.3) is 0 Å². The van der Waals surface area contributed by atoms with Gasteiger partial charge in [0, 0.05) is 18.6 Å². The fourth-order valence-corrected chi connectivity index (χ4v) is 2.63. The zero-order chi connectivity index (χ0) is 16.3. The molecule has 1 unspecified atom stereocenters. The number of aliphatic hydroxyl groups excluding tert-OH is 1. The van der Waals surface area contributed by atoms with E-state index in [0.29, 0.717) is 6.42 Å². The lowest BCUT2D eigenvalue weighted by Gasteiger charge is -2.13. The molecule has 2 rings (SSSR count). The van der Waals surface area contributed by atoms with E-state index in [4.69, 9.17) is 19.2 Å². The third kappa shape index (κ3) is 4.60. The number of pyridine rings is 1. The van der Waals surface area contributed by atoms with Crippen LogP contribution in [-0.4, -0.2) is 47.7 Å². The largest absolute Gasteiger partial charge is 0.469 e. The first kappa shape index (κ1) is 17.6. The summed E-state index contributed by atoms with van der Waals surface area (Å²) in [5, 5.41) is 9.95. The molecule has 1 aromatic heterocycles. The van der Waals surface area contributed by atoms with Crippen LogP contribution in [0.1, 0.15) is 12.6 Å². The standard InChI is InChI=1S/C12H19BNO7P/c1-13(19-2)9-4-3-5-14(7-9)12-6-10(15)11(21-12)8-20-22(16,17)18/h3-5,7,10-12,15H,6,8H2,1-2H3,(H-,16,17,18)/p+1/t10?,11-,12-/m1/s1. The molecule has 1 fully saturated rings. The molecule has 0 spiro atoms. The average Bonchev–Trinajstić information content (AvgIpc) is 2.85. The van der Waals surface area contributed by atoms with Gasteiger partial charge in [-0.3, -0.25) is 4.52 Å². The van der Waals surface area contributed by atoms with Crippen LogP contribution in [0.5, 0.6) is 0 Å². The van der Waals surface area contributed by atoms with Crippen molar-refractivity contribution < 1.29 is 37.9 Å². The van der Waals surface area contributed by atoms with Crippen molar-refractivity contribution in [1.82, 2.24) is 0 Å². The van der Waals surface area contributed by atoms with E-state index in [-0.39, 0.29) is 13.5 Å². The van der Waals surface area contributed by atoms with Gasteiger partial charge in [0.25, 0.3) is 6.23 Å². The van der Waals surface area contributed by atoms with E-state index < -0.39 is 26.3 Å². The van der Waals surface area contributed by atoms with Crippen molar-refractivity contribution >= 4 is 20.2 Å². The van der Waals surface area contributed by atoms with Crippen LogP contribution in [-0.2, 0) is 18.5 Å². The van der Waals surface area contributed by atoms with Crippen molar-refractivity contribution in [1.29, 1.82) is 0 Å². The van der Waals surface area contributed by atoms with E-state index in [1.165, 1.54) is 0 Å². The van der Waals surface area contributed by atoms with Crippen molar-refractivity contribution in [3.8, 4) is 0 Å². The van der Waals surface area contributed by atoms with E-state index in [2.05, 4.69) is 4.52 Å². The highest BCUT2D eigenvalue weighted by molar-refractivity contribution is 7.46. The second kappa shape index (κ2) is 7.19. The Bertz CT molecular complexity index is 554. The highest BCUT2D eigenvalue weighted by Crippen LogP contribution is 2.37. The van der Waals surface area contributed by atoms with E-state index in [1.54, 1.807) is 17.9 Å². The van der Waals surface area contributed by atoms with Crippen LogP contribution >= 0.6 is 7.82 Å². The second-order valence-corrected chi connectivity index (χ2v) is 6.42. The molecule has 122 valence electrons. The Kier molecular flexibility index (Phi) is 5.73. The van der Waals surface area contributed by atoms with Gasteiger partial charge in [-0.25, -0.2) is 4.57 Å². The smallest absolute Gasteiger partial charge is 0.433 e. The molecule has 2 heterocycles. The molecular formula is C12H20BNO7P+. The van der Waals surface area contributed by atoms with Crippen LogP contribution in [0.2, 0.25) is 6.82 Å². The number of aromatic nitrogens is 1. The zero-order valence-corrected chi connectivity index (χ0v) is 13.3. The third-order valence-electron chi connectivity index (χ3n) is 3.61. The summed E-state index contributed by atoms with van der Waals surface area (Å²) >= 11 is 0. The lowest BCUT2D eigenvalue weighted by Crippen LogP contribution is -2.44. The molecular weight excluding hydrogens is 312 g/mol. The number of phosphoric acid groups is 1. The zero-order valence-electron chi connectivity index (χ0n) is 12.4. The Balaban J connectivity index is 2.04. The lowest BCUT2D eigenvalue weighted by atomic mass is 9.64. The maximum absolute atomic E-state index is 10.7. The quantitative estimate of drug-likeness (QED) is 0.356. The SMILES string of the molecule is COB(C)c1ccc[n+]([C@H]2CC(O)[C@@H](COP(=O)(O)O)O2)c1. The minimum atomic E-state index is -4.58. The monoisotopic (exact) mass is 332 g/mol. The fraction of sp³-hybridized carbons (Fsp3) is 0.583. The van der Waals surface area contributed by atoms with Crippen molar-refractivity contribution in [3.05, 3.63) is 24.5 Å². The molecule has 1 aliphatic heterocycles. The summed E-state index contributed by atoms with van der Waals surface area (Å²) in [5.74, 6) is 0. The summed E-state index contributed by atoms with van der Waals surface area (Å²) < 4.78 is 27.8. The van der Waals surface area contributed by atoms with Crippen molar-refractivity contribution in [2.75, 3.05) is 13.7 Å². The van der Waals surface area contributed by atoms with Gasteiger partial charge in [0.2, 0.25) is 0 Å². The molecule has 3 N–H and O–H groups in total. The van der Waals surface area contributed by atoms with Gasteiger partial charge in [0.15, 0.2) is 12.4 Å². The van der Waals surface area contributed by atoms with E-state index in [1.807, 2.05) is 25.2 Å². The van der Waals surface area contributed by atoms with Gasteiger partial charge < -0.3 is 24.3 Å². The van der Waals surface area contributed by atoms with E-state index in [9.17, 15) is 9.67 Å². The third-order valence-corrected chi connectivity index (χ3v) is 4.10. The second-order valence-electron chi connectivity index (χ2n) is 5.18. The molecule has 1 saturated heterocycles. The molecule has 3 atom stereocenters. The van der Waals surface area contributed by atoms with Crippen LogP contribution < -0.4 is 10.0 Å². The van der Waals surface area contributed by atoms with Gasteiger partial charge >= 0.3 is 14.7 Å². The van der Waals surface area contributed by atoms with Crippen molar-refractivity contribution in [2.45, 2.75) is 31.7 Å². The molecule has 1 aliphatic rings. The van der Waals surface area contributed by atoms with Crippen molar-refractivity contribution in [2.24, 2.45) is 0 Å². The number of hydrogen-bond acceptors (Lipinski definition) is 5. The maximum atomic E-state index is 10.7. The topological polar surface area (TPSA) is 109 Å². The normalized spacial score (nSPS) is 25.4. The Morgan fingerprint density at radius 1 is 1.55 bits per heavy atom. The predicted molar refractivity (Wildman–Crippen MR) is 77.4 cm³/mol. The first-order chi connectivity index (χ1) is 10.3. The average molecular weight is 332 g/mol. The lowest BCUT2D eigenvalue weighted by molar-refractivity contribution is -0.758. The molecule has 0 aromatic carbocycles. The summed E-state index contributed by atoms with van der Waals surface area (Å²) in [4.78, 5) is 17.4. The first-order valence-electron chi connectivity index (χ1n) is 6.87. The molecule has 0 amide bonds. The maximum Gasteiger partial charge on any atom is 0.469 e. The van der Waals surface area contributed by atoms with E-state index >= 15 is 0 Å². The fourth-order valence-electron chi connectivity index (χ4n) is 2.29.